The van der Waals surface area contributed by atoms with Gasteiger partial charge in [0.2, 0.25) is 0 Å². The molecule has 2 heterocycles. The number of halogens is 1. The van der Waals surface area contributed by atoms with Crippen LogP contribution in [0.3, 0.4) is 0 Å². The average Bonchev–Trinajstić information content (AvgIpc) is 3.09. The second-order valence-corrected chi connectivity index (χ2v) is 11.2. The highest BCUT2D eigenvalue weighted by Crippen LogP contribution is 2.43. The zero-order chi connectivity index (χ0) is 20.8. The minimum absolute atomic E-state index is 0.0795. The molecule has 29 heavy (non-hydrogen) atoms. The number of nitrogens with zero attached hydrogens (tertiary/aromatic N) is 2. The lowest BCUT2D eigenvalue weighted by Gasteiger charge is -2.28. The molecule has 2 atom stereocenters. The van der Waals surface area contributed by atoms with Crippen LogP contribution >= 0.6 is 23.4 Å². The Kier molecular flexibility index (Phi) is 5.48. The Balaban J connectivity index is 1.71. The zero-order valence-electron chi connectivity index (χ0n) is 16.1. The van der Waals surface area contributed by atoms with Gasteiger partial charge in [0.15, 0.2) is 15.0 Å². The number of thioether (sulfide) groups is 1. The summed E-state index contributed by atoms with van der Waals surface area (Å²) in [7, 11) is -3.10. The van der Waals surface area contributed by atoms with Crippen molar-refractivity contribution in [3.63, 3.8) is 0 Å². The van der Waals surface area contributed by atoms with Gasteiger partial charge in [0, 0.05) is 16.0 Å². The number of carbonyl (C=O) groups excluding carboxylic acids is 1. The summed E-state index contributed by atoms with van der Waals surface area (Å²) < 4.78 is 24.5. The molecule has 0 aromatic heterocycles. The Bertz CT molecular complexity index is 1090. The lowest BCUT2D eigenvalue weighted by atomic mass is 10.1. The zero-order valence-corrected chi connectivity index (χ0v) is 18.5. The highest BCUT2D eigenvalue weighted by molar-refractivity contribution is 8.16. The number of amidine groups is 1. The lowest BCUT2D eigenvalue weighted by Crippen LogP contribution is -2.38. The molecule has 1 amide bonds. The molecule has 0 saturated carbocycles. The number of anilines is 1. The molecule has 5 nitrogen and oxygen atoms in total. The first kappa shape index (κ1) is 20.4. The minimum atomic E-state index is -3.10. The highest BCUT2D eigenvalue weighted by atomic mass is 35.5. The molecule has 0 spiro atoms. The van der Waals surface area contributed by atoms with Crippen molar-refractivity contribution in [3.05, 3.63) is 64.2 Å². The van der Waals surface area contributed by atoms with E-state index in [-0.39, 0.29) is 35.1 Å². The van der Waals surface area contributed by atoms with Gasteiger partial charge in [-0.3, -0.25) is 4.79 Å². The Labute approximate surface area is 180 Å². The van der Waals surface area contributed by atoms with Crippen LogP contribution in [0.15, 0.2) is 47.5 Å². The largest absolute Gasteiger partial charge is 0.315 e. The van der Waals surface area contributed by atoms with Gasteiger partial charge in [0.1, 0.15) is 0 Å². The fourth-order valence-corrected chi connectivity index (χ4v) is 8.08. The second kappa shape index (κ2) is 7.78. The van der Waals surface area contributed by atoms with Crippen LogP contribution in [0.25, 0.3) is 0 Å². The molecule has 0 aliphatic carbocycles. The van der Waals surface area contributed by atoms with Crippen LogP contribution in [0.5, 0.6) is 0 Å². The van der Waals surface area contributed by atoms with E-state index in [2.05, 4.69) is 4.99 Å². The molecular formula is C21H21ClN2O3S2. The number of hydrogen-bond acceptors (Lipinski definition) is 4. The van der Waals surface area contributed by atoms with Crippen molar-refractivity contribution >= 4 is 50.0 Å². The van der Waals surface area contributed by atoms with E-state index in [1.165, 1.54) is 11.8 Å². The predicted octanol–water partition coefficient (Wildman–Crippen LogP) is 3.80. The monoisotopic (exact) mass is 448 g/mol. The summed E-state index contributed by atoms with van der Waals surface area (Å²) >= 11 is 7.57. The maximum Gasteiger partial charge on any atom is 0.252 e. The van der Waals surface area contributed by atoms with Crippen molar-refractivity contribution in [2.45, 2.75) is 31.6 Å². The van der Waals surface area contributed by atoms with Gasteiger partial charge in [-0.05, 0) is 36.6 Å². The van der Waals surface area contributed by atoms with Gasteiger partial charge in [-0.25, -0.2) is 8.42 Å². The molecule has 0 radical (unpaired) electrons. The summed E-state index contributed by atoms with van der Waals surface area (Å²) in [5, 5.41) is 0.991. The standard InChI is InChI=1S/C21H21ClN2O3S2/c1-13-6-5-7-14(2)20(13)24-17-11-29(26,27)12-18(17)28-21(24)23-19(25)10-15-8-3-4-9-16(15)22/h3-9,17-18H,10-12H2,1-2H3/t17-,18+/m0/s1. The van der Waals surface area contributed by atoms with E-state index >= 15 is 0 Å². The first-order chi connectivity index (χ1) is 13.7. The molecule has 2 aliphatic heterocycles. The van der Waals surface area contributed by atoms with E-state index < -0.39 is 9.84 Å². The summed E-state index contributed by atoms with van der Waals surface area (Å²) in [4.78, 5) is 19.1. The van der Waals surface area contributed by atoms with Gasteiger partial charge < -0.3 is 4.90 Å². The molecule has 2 aromatic rings. The van der Waals surface area contributed by atoms with Crippen molar-refractivity contribution in [2.24, 2.45) is 4.99 Å². The molecule has 0 bridgehead atoms. The van der Waals surface area contributed by atoms with Gasteiger partial charge in [0.05, 0.1) is 24.0 Å². The highest BCUT2D eigenvalue weighted by Gasteiger charge is 2.49. The number of carbonyl (C=O) groups is 1. The van der Waals surface area contributed by atoms with E-state index in [1.807, 2.05) is 55.1 Å². The van der Waals surface area contributed by atoms with Gasteiger partial charge in [-0.15, -0.1) is 0 Å². The van der Waals surface area contributed by atoms with Crippen LogP contribution in [0.1, 0.15) is 16.7 Å². The topological polar surface area (TPSA) is 66.8 Å². The first-order valence-corrected chi connectivity index (χ1v) is 12.4. The summed E-state index contributed by atoms with van der Waals surface area (Å²) in [5.74, 6) is -0.0999. The Morgan fingerprint density at radius 2 is 1.83 bits per heavy atom. The second-order valence-electron chi connectivity index (χ2n) is 7.47. The molecular weight excluding hydrogens is 428 g/mol. The quantitative estimate of drug-likeness (QED) is 0.714. The number of hydrogen-bond donors (Lipinski definition) is 0. The molecule has 0 unspecified atom stereocenters. The van der Waals surface area contributed by atoms with Gasteiger partial charge in [-0.2, -0.15) is 4.99 Å². The van der Waals surface area contributed by atoms with Gasteiger partial charge >= 0.3 is 0 Å². The Morgan fingerprint density at radius 1 is 1.14 bits per heavy atom. The average molecular weight is 449 g/mol. The molecule has 4 rings (SSSR count). The summed E-state index contributed by atoms with van der Waals surface area (Å²) in [5.41, 5.74) is 3.73. The van der Waals surface area contributed by atoms with Crippen LogP contribution in [-0.2, 0) is 21.1 Å². The van der Waals surface area contributed by atoms with Crippen molar-refractivity contribution < 1.29 is 13.2 Å². The molecule has 2 aromatic carbocycles. The van der Waals surface area contributed by atoms with E-state index in [9.17, 15) is 13.2 Å². The van der Waals surface area contributed by atoms with E-state index in [0.717, 1.165) is 22.4 Å². The number of sulfone groups is 1. The van der Waals surface area contributed by atoms with E-state index in [0.29, 0.717) is 10.2 Å². The first-order valence-electron chi connectivity index (χ1n) is 9.32. The van der Waals surface area contributed by atoms with Crippen LogP contribution < -0.4 is 4.90 Å². The number of aryl methyl sites for hydroxylation is 2. The van der Waals surface area contributed by atoms with Crippen LogP contribution in [0.2, 0.25) is 5.02 Å². The fraction of sp³-hybridized carbons (Fsp3) is 0.333. The number of aliphatic imine (C=N–C) groups is 1. The fourth-order valence-electron chi connectivity index (χ4n) is 3.96. The van der Waals surface area contributed by atoms with Crippen LogP contribution in [0, 0.1) is 13.8 Å². The van der Waals surface area contributed by atoms with Crippen molar-refractivity contribution in [2.75, 3.05) is 16.4 Å². The number of benzene rings is 2. The normalized spacial score (nSPS) is 24.1. The number of amides is 1. The van der Waals surface area contributed by atoms with E-state index in [4.69, 9.17) is 11.6 Å². The molecule has 2 aliphatic rings. The number of para-hydroxylation sites is 1. The summed E-state index contributed by atoms with van der Waals surface area (Å²) in [6.07, 6.45) is 0.109. The predicted molar refractivity (Wildman–Crippen MR) is 120 cm³/mol. The summed E-state index contributed by atoms with van der Waals surface area (Å²) in [6, 6.07) is 13.0. The number of rotatable bonds is 3. The molecule has 2 fully saturated rings. The third-order valence-electron chi connectivity index (χ3n) is 5.27. The van der Waals surface area contributed by atoms with Crippen molar-refractivity contribution in [1.82, 2.24) is 0 Å². The van der Waals surface area contributed by atoms with Gasteiger partial charge in [-0.1, -0.05) is 59.8 Å². The molecule has 0 N–H and O–H groups in total. The molecule has 152 valence electrons. The molecule has 2 saturated heterocycles. The smallest absolute Gasteiger partial charge is 0.252 e. The maximum atomic E-state index is 12.7. The van der Waals surface area contributed by atoms with Crippen LogP contribution in [0.4, 0.5) is 5.69 Å². The SMILES string of the molecule is Cc1cccc(C)c1N1C(=NC(=O)Cc2ccccc2Cl)S[C@@H]2CS(=O)(=O)C[C@@H]21. The third-order valence-corrected chi connectivity index (χ3v) is 8.85. The third kappa shape index (κ3) is 4.09. The van der Waals surface area contributed by atoms with Gasteiger partial charge in [0.25, 0.3) is 5.91 Å². The minimum Gasteiger partial charge on any atom is -0.315 e. The Hall–Kier alpha value is -1.83. The molecule has 8 heteroatoms. The van der Waals surface area contributed by atoms with Crippen molar-refractivity contribution in [1.29, 1.82) is 0 Å². The Morgan fingerprint density at radius 3 is 2.52 bits per heavy atom. The summed E-state index contributed by atoms with van der Waals surface area (Å²) in [6.45, 7) is 3.99. The number of fused-ring (bicyclic) bond motifs is 1. The maximum absolute atomic E-state index is 12.7. The van der Waals surface area contributed by atoms with Crippen molar-refractivity contribution in [3.8, 4) is 0 Å². The van der Waals surface area contributed by atoms with E-state index in [1.54, 1.807) is 6.07 Å². The van der Waals surface area contributed by atoms with Crippen LogP contribution in [-0.4, -0.2) is 42.3 Å². The lowest BCUT2D eigenvalue weighted by molar-refractivity contribution is -0.117.